The molecule has 1 amide bonds. The van der Waals surface area contributed by atoms with E-state index in [1.807, 2.05) is 44.2 Å². The van der Waals surface area contributed by atoms with Gasteiger partial charge in [0.05, 0.1) is 11.6 Å². The molecule has 158 valence electrons. The predicted molar refractivity (Wildman–Crippen MR) is 119 cm³/mol. The number of carbonyl (C=O) groups is 3. The van der Waals surface area contributed by atoms with Crippen LogP contribution in [0.15, 0.2) is 78.9 Å². The number of benzene rings is 3. The van der Waals surface area contributed by atoms with Crippen LogP contribution in [0.3, 0.4) is 0 Å². The second-order valence-corrected chi connectivity index (χ2v) is 7.26. The Morgan fingerprint density at radius 2 is 1.45 bits per heavy atom. The molecule has 3 aromatic carbocycles. The van der Waals surface area contributed by atoms with Crippen LogP contribution in [0.4, 0.5) is 0 Å². The van der Waals surface area contributed by atoms with Crippen molar-refractivity contribution in [2.24, 2.45) is 0 Å². The van der Waals surface area contributed by atoms with Crippen molar-refractivity contribution in [3.63, 3.8) is 0 Å². The maximum Gasteiger partial charge on any atom is 0.339 e. The molecule has 0 spiro atoms. The highest BCUT2D eigenvalue weighted by Gasteiger charge is 2.20. The van der Waals surface area contributed by atoms with Gasteiger partial charge >= 0.3 is 5.97 Å². The molecule has 31 heavy (non-hydrogen) atoms. The average Bonchev–Trinajstić information content (AvgIpc) is 2.81. The molecular weight excluding hydrogens is 390 g/mol. The molecule has 0 unspecified atom stereocenters. The van der Waals surface area contributed by atoms with E-state index in [0.717, 1.165) is 11.1 Å². The van der Waals surface area contributed by atoms with E-state index >= 15 is 0 Å². The quantitative estimate of drug-likeness (QED) is 0.429. The molecule has 0 fully saturated rings. The number of rotatable bonds is 8. The Labute approximate surface area is 182 Å². The first-order valence-corrected chi connectivity index (χ1v) is 10.2. The molecule has 0 aliphatic heterocycles. The van der Waals surface area contributed by atoms with Crippen molar-refractivity contribution in [2.45, 2.75) is 26.3 Å². The van der Waals surface area contributed by atoms with Gasteiger partial charge in [-0.25, -0.2) is 4.79 Å². The number of esters is 1. The summed E-state index contributed by atoms with van der Waals surface area (Å²) in [4.78, 5) is 37.8. The molecular formula is C26H25NO4. The first-order chi connectivity index (χ1) is 15.0. The van der Waals surface area contributed by atoms with Crippen LogP contribution in [0.5, 0.6) is 0 Å². The zero-order valence-corrected chi connectivity index (χ0v) is 17.6. The van der Waals surface area contributed by atoms with Crippen molar-refractivity contribution < 1.29 is 19.1 Å². The van der Waals surface area contributed by atoms with Gasteiger partial charge in [0, 0.05) is 11.1 Å². The Morgan fingerprint density at radius 1 is 0.839 bits per heavy atom. The van der Waals surface area contributed by atoms with E-state index in [9.17, 15) is 14.4 Å². The molecule has 3 rings (SSSR count). The highest BCUT2D eigenvalue weighted by molar-refractivity contribution is 6.14. The van der Waals surface area contributed by atoms with Crippen molar-refractivity contribution in [2.75, 3.05) is 6.61 Å². The zero-order valence-electron chi connectivity index (χ0n) is 17.6. The van der Waals surface area contributed by atoms with Crippen LogP contribution in [0.25, 0.3) is 0 Å². The first-order valence-electron chi connectivity index (χ1n) is 10.2. The van der Waals surface area contributed by atoms with Crippen LogP contribution in [0.2, 0.25) is 0 Å². The van der Waals surface area contributed by atoms with Gasteiger partial charge in [0.1, 0.15) is 0 Å². The summed E-state index contributed by atoms with van der Waals surface area (Å²) >= 11 is 0. The van der Waals surface area contributed by atoms with Gasteiger partial charge in [-0.2, -0.15) is 0 Å². The summed E-state index contributed by atoms with van der Waals surface area (Å²) in [6.07, 6.45) is 0.706. The summed E-state index contributed by atoms with van der Waals surface area (Å²) in [5, 5.41) is 2.89. The van der Waals surface area contributed by atoms with Gasteiger partial charge in [-0.15, -0.1) is 0 Å². The minimum Gasteiger partial charge on any atom is -0.452 e. The molecule has 0 aliphatic rings. The minimum absolute atomic E-state index is 0.134. The fourth-order valence-electron chi connectivity index (χ4n) is 3.27. The lowest BCUT2D eigenvalue weighted by molar-refractivity contribution is -0.125. The summed E-state index contributed by atoms with van der Waals surface area (Å²) in [6.45, 7) is 3.56. The summed E-state index contributed by atoms with van der Waals surface area (Å²) in [7, 11) is 0. The van der Waals surface area contributed by atoms with Gasteiger partial charge in [0.15, 0.2) is 12.4 Å². The summed E-state index contributed by atoms with van der Waals surface area (Å²) in [6, 6.07) is 22.9. The summed E-state index contributed by atoms with van der Waals surface area (Å²) in [5.41, 5.74) is 2.98. The minimum atomic E-state index is -0.710. The van der Waals surface area contributed by atoms with Gasteiger partial charge in [-0.05, 0) is 25.0 Å². The summed E-state index contributed by atoms with van der Waals surface area (Å²) in [5.74, 6) is -1.38. The second kappa shape index (κ2) is 10.3. The van der Waals surface area contributed by atoms with Crippen molar-refractivity contribution in [1.29, 1.82) is 0 Å². The first kappa shape index (κ1) is 22.0. The molecule has 0 aromatic heterocycles. The third kappa shape index (κ3) is 5.66. The van der Waals surface area contributed by atoms with Crippen LogP contribution in [-0.2, 0) is 9.53 Å². The molecule has 3 aromatic rings. The van der Waals surface area contributed by atoms with E-state index in [1.165, 1.54) is 6.07 Å². The van der Waals surface area contributed by atoms with Crippen LogP contribution in [0.1, 0.15) is 56.8 Å². The number of carbonyl (C=O) groups excluding carboxylic acids is 3. The second-order valence-electron chi connectivity index (χ2n) is 7.26. The monoisotopic (exact) mass is 415 g/mol. The molecule has 1 atom stereocenters. The fourth-order valence-corrected chi connectivity index (χ4v) is 3.27. The fraction of sp³-hybridized carbons (Fsp3) is 0.192. The van der Waals surface area contributed by atoms with E-state index < -0.39 is 18.5 Å². The largest absolute Gasteiger partial charge is 0.452 e. The lowest BCUT2D eigenvalue weighted by atomic mass is 9.98. The maximum atomic E-state index is 12.8. The smallest absolute Gasteiger partial charge is 0.339 e. The van der Waals surface area contributed by atoms with E-state index in [0.29, 0.717) is 12.0 Å². The van der Waals surface area contributed by atoms with E-state index in [-0.39, 0.29) is 23.0 Å². The van der Waals surface area contributed by atoms with Gasteiger partial charge in [0.2, 0.25) is 0 Å². The van der Waals surface area contributed by atoms with Crippen LogP contribution in [-0.4, -0.2) is 24.3 Å². The molecule has 5 nitrogen and oxygen atoms in total. The van der Waals surface area contributed by atoms with Crippen LogP contribution in [0, 0.1) is 6.92 Å². The number of hydrogen-bond acceptors (Lipinski definition) is 4. The van der Waals surface area contributed by atoms with E-state index in [4.69, 9.17) is 4.74 Å². The standard InChI is InChI=1S/C26H25NO4/c1-3-23(19-15-13-18(2)14-16-19)27-24(28)17-31-26(30)22-12-8-7-11-21(22)25(29)20-9-5-4-6-10-20/h4-16,23H,3,17H2,1-2H3,(H,27,28)/t23-/m0/s1. The maximum absolute atomic E-state index is 12.8. The summed E-state index contributed by atoms with van der Waals surface area (Å²) < 4.78 is 5.21. The Morgan fingerprint density at radius 3 is 2.10 bits per heavy atom. The Kier molecular flexibility index (Phi) is 7.33. The number of aryl methyl sites for hydroxylation is 1. The molecule has 0 bridgehead atoms. The number of hydrogen-bond donors (Lipinski definition) is 1. The van der Waals surface area contributed by atoms with E-state index in [2.05, 4.69) is 5.32 Å². The predicted octanol–water partition coefficient (Wildman–Crippen LogP) is 4.65. The highest BCUT2D eigenvalue weighted by atomic mass is 16.5. The molecule has 0 aliphatic carbocycles. The third-order valence-corrected chi connectivity index (χ3v) is 4.99. The third-order valence-electron chi connectivity index (χ3n) is 4.99. The Balaban J connectivity index is 1.65. The lowest BCUT2D eigenvalue weighted by Crippen LogP contribution is -2.32. The highest BCUT2D eigenvalue weighted by Crippen LogP contribution is 2.18. The molecule has 0 heterocycles. The number of ether oxygens (including phenoxy) is 1. The average molecular weight is 415 g/mol. The van der Waals surface area contributed by atoms with Crippen LogP contribution >= 0.6 is 0 Å². The van der Waals surface area contributed by atoms with Gasteiger partial charge in [0.25, 0.3) is 5.91 Å². The van der Waals surface area contributed by atoms with Crippen molar-refractivity contribution in [3.05, 3.63) is 107 Å². The van der Waals surface area contributed by atoms with Crippen molar-refractivity contribution in [1.82, 2.24) is 5.32 Å². The molecule has 0 saturated carbocycles. The SMILES string of the molecule is CC[C@H](NC(=O)COC(=O)c1ccccc1C(=O)c1ccccc1)c1ccc(C)cc1. The van der Waals surface area contributed by atoms with Crippen molar-refractivity contribution >= 4 is 17.7 Å². The Hall–Kier alpha value is -3.73. The van der Waals surface area contributed by atoms with Gasteiger partial charge in [-0.1, -0.05) is 85.3 Å². The Bertz CT molecular complexity index is 1060. The number of amides is 1. The number of ketones is 1. The van der Waals surface area contributed by atoms with Gasteiger partial charge in [-0.3, -0.25) is 9.59 Å². The topological polar surface area (TPSA) is 72.5 Å². The van der Waals surface area contributed by atoms with Gasteiger partial charge < -0.3 is 10.1 Å². The van der Waals surface area contributed by atoms with Crippen molar-refractivity contribution in [3.8, 4) is 0 Å². The lowest BCUT2D eigenvalue weighted by Gasteiger charge is -2.18. The normalized spacial score (nSPS) is 11.4. The van der Waals surface area contributed by atoms with E-state index in [1.54, 1.807) is 42.5 Å². The molecule has 0 saturated heterocycles. The molecule has 5 heteroatoms. The number of nitrogens with one attached hydrogen (secondary N) is 1. The zero-order chi connectivity index (χ0) is 22.2. The molecule has 0 radical (unpaired) electrons. The molecule has 1 N–H and O–H groups in total. The van der Waals surface area contributed by atoms with Crippen LogP contribution < -0.4 is 5.32 Å².